The second-order valence-electron chi connectivity index (χ2n) is 8.91. The van der Waals surface area contributed by atoms with Gasteiger partial charge in [-0.15, -0.1) is 0 Å². The summed E-state index contributed by atoms with van der Waals surface area (Å²) in [7, 11) is 1.81. The Bertz CT molecular complexity index is 1340. The molecule has 0 aliphatic carbocycles. The molecule has 1 saturated heterocycles. The van der Waals surface area contributed by atoms with Crippen molar-refractivity contribution in [2.45, 2.75) is 25.3 Å². The van der Waals surface area contributed by atoms with Crippen molar-refractivity contribution in [3.63, 3.8) is 0 Å². The van der Waals surface area contributed by atoms with Gasteiger partial charge in [0.1, 0.15) is 22.6 Å². The van der Waals surface area contributed by atoms with Crippen LogP contribution in [0.1, 0.15) is 38.7 Å². The Balaban J connectivity index is 1.77. The number of carbonyl (C=O) groups is 2. The van der Waals surface area contributed by atoms with E-state index in [0.29, 0.717) is 17.8 Å². The first kappa shape index (κ1) is 21.2. The maximum atomic E-state index is 14.1. The highest BCUT2D eigenvalue weighted by Crippen LogP contribution is 2.55. The summed E-state index contributed by atoms with van der Waals surface area (Å²) in [6.45, 7) is 3.92. The van der Waals surface area contributed by atoms with E-state index < -0.39 is 34.2 Å². The fraction of sp³-hybridized carbons (Fsp3) is 0.269. The minimum absolute atomic E-state index is 0.200. The highest BCUT2D eigenvalue weighted by molar-refractivity contribution is 6.12. The SMILES string of the molecule is Cc1ccc([C@@H]2CN(C)[C@]3(C(=O)Nc4ccccc43)[C@H]2C(=O)c2c(O)cc(C)oc2=O)cc1. The van der Waals surface area contributed by atoms with Gasteiger partial charge in [-0.1, -0.05) is 48.0 Å². The number of benzene rings is 2. The van der Waals surface area contributed by atoms with E-state index in [2.05, 4.69) is 5.32 Å². The van der Waals surface area contributed by atoms with Crippen LogP contribution in [0.25, 0.3) is 0 Å². The number of aromatic hydroxyl groups is 1. The third-order valence-corrected chi connectivity index (χ3v) is 6.95. The van der Waals surface area contributed by atoms with Crippen molar-refractivity contribution in [1.29, 1.82) is 0 Å². The number of ketones is 1. The summed E-state index contributed by atoms with van der Waals surface area (Å²) in [4.78, 5) is 42.3. The number of likely N-dealkylation sites (tertiary alicyclic amines) is 1. The van der Waals surface area contributed by atoms with Crippen molar-refractivity contribution >= 4 is 17.4 Å². The van der Waals surface area contributed by atoms with Crippen LogP contribution in [0, 0.1) is 19.8 Å². The number of nitrogens with one attached hydrogen (secondary N) is 1. The highest BCUT2D eigenvalue weighted by atomic mass is 16.4. The average Bonchev–Trinajstić information content (AvgIpc) is 3.23. The molecule has 3 atom stereocenters. The molecule has 7 nitrogen and oxygen atoms in total. The molecular formula is C26H24N2O5. The molecule has 2 aliphatic heterocycles. The summed E-state index contributed by atoms with van der Waals surface area (Å²) in [5.74, 6) is -2.51. The number of aryl methyl sites for hydroxylation is 2. The van der Waals surface area contributed by atoms with Crippen LogP contribution in [0.4, 0.5) is 5.69 Å². The molecule has 168 valence electrons. The van der Waals surface area contributed by atoms with Gasteiger partial charge >= 0.3 is 5.63 Å². The normalized spacial score (nSPS) is 24.2. The Hall–Kier alpha value is -3.71. The van der Waals surface area contributed by atoms with Crippen molar-refractivity contribution < 1.29 is 19.1 Å². The summed E-state index contributed by atoms with van der Waals surface area (Å²) in [6, 6.07) is 16.4. The van der Waals surface area contributed by atoms with Gasteiger partial charge < -0.3 is 14.8 Å². The second-order valence-corrected chi connectivity index (χ2v) is 8.91. The van der Waals surface area contributed by atoms with Gasteiger partial charge in [0.25, 0.3) is 0 Å². The van der Waals surface area contributed by atoms with Crippen molar-refractivity contribution in [1.82, 2.24) is 4.90 Å². The lowest BCUT2D eigenvalue weighted by molar-refractivity contribution is -0.126. The van der Waals surface area contributed by atoms with E-state index in [4.69, 9.17) is 4.42 Å². The molecule has 7 heteroatoms. The van der Waals surface area contributed by atoms with Gasteiger partial charge in [0.15, 0.2) is 5.78 Å². The third-order valence-electron chi connectivity index (χ3n) is 6.95. The van der Waals surface area contributed by atoms with Gasteiger partial charge in [0, 0.05) is 29.8 Å². The molecule has 0 unspecified atom stereocenters. The predicted molar refractivity (Wildman–Crippen MR) is 123 cm³/mol. The van der Waals surface area contributed by atoms with Crippen LogP contribution in [-0.4, -0.2) is 35.3 Å². The van der Waals surface area contributed by atoms with Gasteiger partial charge in [-0.2, -0.15) is 0 Å². The van der Waals surface area contributed by atoms with E-state index >= 15 is 0 Å². The van der Waals surface area contributed by atoms with Crippen LogP contribution in [0.2, 0.25) is 0 Å². The van der Waals surface area contributed by atoms with E-state index in [1.165, 1.54) is 13.0 Å². The lowest BCUT2D eigenvalue weighted by atomic mass is 9.70. The quantitative estimate of drug-likeness (QED) is 0.601. The molecule has 33 heavy (non-hydrogen) atoms. The zero-order valence-corrected chi connectivity index (χ0v) is 18.6. The number of likely N-dealkylation sites (N-methyl/N-ethyl adjacent to an activating group) is 1. The number of Topliss-reactive ketones (excluding diaryl/α,β-unsaturated/α-hetero) is 1. The van der Waals surface area contributed by atoms with Gasteiger partial charge in [-0.3, -0.25) is 14.5 Å². The minimum atomic E-state index is -1.33. The lowest BCUT2D eigenvalue weighted by Gasteiger charge is -2.35. The summed E-state index contributed by atoms with van der Waals surface area (Å²) in [5.41, 5.74) is 0.622. The summed E-state index contributed by atoms with van der Waals surface area (Å²) in [5, 5.41) is 13.5. The van der Waals surface area contributed by atoms with Crippen LogP contribution in [0.3, 0.4) is 0 Å². The number of hydrogen-bond acceptors (Lipinski definition) is 6. The summed E-state index contributed by atoms with van der Waals surface area (Å²) >= 11 is 0. The number of nitrogens with zero attached hydrogens (tertiary/aromatic N) is 1. The van der Waals surface area contributed by atoms with Crippen molar-refractivity contribution in [3.8, 4) is 5.75 Å². The number of hydrogen-bond donors (Lipinski definition) is 2. The molecule has 2 aromatic carbocycles. The van der Waals surface area contributed by atoms with Crippen LogP contribution in [0.5, 0.6) is 5.75 Å². The maximum absolute atomic E-state index is 14.1. The zero-order chi connectivity index (χ0) is 23.5. The lowest BCUT2D eigenvalue weighted by Crippen LogP contribution is -2.51. The Kier molecular flexibility index (Phi) is 4.76. The number of rotatable bonds is 3. The molecule has 1 amide bonds. The topological polar surface area (TPSA) is 99.8 Å². The Morgan fingerprint density at radius 2 is 1.82 bits per heavy atom. The van der Waals surface area contributed by atoms with E-state index in [0.717, 1.165) is 11.1 Å². The fourth-order valence-corrected chi connectivity index (χ4v) is 5.49. The minimum Gasteiger partial charge on any atom is -0.507 e. The third kappa shape index (κ3) is 2.96. The van der Waals surface area contributed by atoms with Crippen LogP contribution < -0.4 is 10.9 Å². The zero-order valence-electron chi connectivity index (χ0n) is 18.6. The van der Waals surface area contributed by atoms with Gasteiger partial charge in [-0.25, -0.2) is 4.79 Å². The van der Waals surface area contributed by atoms with E-state index in [-0.39, 0.29) is 17.6 Å². The number of fused-ring (bicyclic) bond motifs is 2. The molecule has 0 saturated carbocycles. The average molecular weight is 444 g/mol. The Labute approximate surface area is 190 Å². The van der Waals surface area contributed by atoms with Crippen molar-refractivity contribution in [3.05, 3.63) is 93.0 Å². The van der Waals surface area contributed by atoms with Gasteiger partial charge in [-0.05, 0) is 32.5 Å². The smallest absolute Gasteiger partial charge is 0.350 e. The largest absolute Gasteiger partial charge is 0.507 e. The van der Waals surface area contributed by atoms with E-state index in [1.807, 2.05) is 61.3 Å². The van der Waals surface area contributed by atoms with Crippen LogP contribution in [-0.2, 0) is 10.3 Å². The molecule has 1 fully saturated rings. The van der Waals surface area contributed by atoms with Gasteiger partial charge in [0.2, 0.25) is 5.91 Å². The number of anilines is 1. The number of carbonyl (C=O) groups excluding carboxylic acids is 2. The number of para-hydroxylation sites is 1. The number of amides is 1. The Morgan fingerprint density at radius 1 is 1.12 bits per heavy atom. The molecule has 2 N–H and O–H groups in total. The first-order valence-electron chi connectivity index (χ1n) is 10.8. The van der Waals surface area contributed by atoms with E-state index in [9.17, 15) is 19.5 Å². The maximum Gasteiger partial charge on any atom is 0.350 e. The highest BCUT2D eigenvalue weighted by Gasteiger charge is 2.64. The van der Waals surface area contributed by atoms with Crippen molar-refractivity contribution in [2.75, 3.05) is 18.9 Å². The molecule has 3 heterocycles. The van der Waals surface area contributed by atoms with Crippen molar-refractivity contribution in [2.24, 2.45) is 5.92 Å². The summed E-state index contributed by atoms with van der Waals surface area (Å²) < 4.78 is 5.15. The van der Waals surface area contributed by atoms with Gasteiger partial charge in [0.05, 0.1) is 5.92 Å². The molecule has 0 radical (unpaired) electrons. The predicted octanol–water partition coefficient (Wildman–Crippen LogP) is 3.34. The van der Waals surface area contributed by atoms with Crippen LogP contribution in [0.15, 0.2) is 63.8 Å². The molecule has 1 aromatic heterocycles. The standard InChI is InChI=1S/C26H24N2O5/c1-14-8-10-16(11-9-14)17-13-28(3)26(18-6-4-5-7-19(18)27-25(26)32)22(17)23(30)21-20(29)12-15(2)33-24(21)31/h4-12,17,22,29H,13H2,1-3H3,(H,27,32)/t17-,22+,26-/m0/s1. The molecular weight excluding hydrogens is 420 g/mol. The molecule has 3 aromatic rings. The first-order valence-corrected chi connectivity index (χ1v) is 10.8. The first-order chi connectivity index (χ1) is 15.7. The second kappa shape index (κ2) is 7.42. The Morgan fingerprint density at radius 3 is 2.52 bits per heavy atom. The molecule has 1 spiro atoms. The van der Waals surface area contributed by atoms with E-state index in [1.54, 1.807) is 6.07 Å². The fourth-order valence-electron chi connectivity index (χ4n) is 5.49. The monoisotopic (exact) mass is 444 g/mol. The molecule has 0 bridgehead atoms. The molecule has 5 rings (SSSR count). The summed E-state index contributed by atoms with van der Waals surface area (Å²) in [6.07, 6.45) is 0. The van der Waals surface area contributed by atoms with Crippen LogP contribution >= 0.6 is 0 Å². The molecule has 2 aliphatic rings.